The highest BCUT2D eigenvalue weighted by atomic mass is 35.5. The van der Waals surface area contributed by atoms with Crippen LogP contribution in [-0.4, -0.2) is 56.8 Å². The Kier molecular flexibility index (Phi) is 15.8. The fourth-order valence-corrected chi connectivity index (χ4v) is 9.64. The fourth-order valence-electron chi connectivity index (χ4n) is 9.15. The molecule has 358 valence electrons. The van der Waals surface area contributed by atoms with E-state index in [2.05, 4.69) is 48.1 Å². The molecule has 0 bridgehead atoms. The standard InChI is InChI=1S/C54H52Cl2N8O6/c1-33-39(31-69-51-19-49(67-29-37-15-35(21-57)23-61-25-37)41(17-45(51)55)27-63-13-5-11-47(63)53(59)65)7-3-9-43(33)44-10-4-8-40(34(44)2)32-70-52-20-50(68-30-38-16-36(22-58)24-62-26-38)42(18-46(52)56)28-64-14-6-12-48(64)54(60)66/h3-4,7-10,15-20,23-26,47-48H,5-6,11-14,27-32H2,1-2H3,(H2,59,65)(H2,60,66)/t47-,48-/m1/s1. The van der Waals surface area contributed by atoms with Gasteiger partial charge in [-0.15, -0.1) is 0 Å². The number of likely N-dealkylation sites (tertiary alicyclic amines) is 2. The predicted octanol–water partition coefficient (Wildman–Crippen LogP) is 9.03. The molecule has 4 aromatic carbocycles. The van der Waals surface area contributed by atoms with Crippen molar-refractivity contribution in [2.24, 2.45) is 11.5 Å². The van der Waals surface area contributed by atoms with Crippen molar-refractivity contribution in [3.05, 3.63) is 163 Å². The van der Waals surface area contributed by atoms with E-state index in [0.717, 1.165) is 68.5 Å². The first kappa shape index (κ1) is 49.2. The molecule has 4 heterocycles. The Labute approximate surface area is 417 Å². The van der Waals surface area contributed by atoms with Crippen LogP contribution in [0.1, 0.15) is 81.3 Å². The van der Waals surface area contributed by atoms with Gasteiger partial charge < -0.3 is 30.4 Å². The molecule has 2 aliphatic rings. The van der Waals surface area contributed by atoms with Crippen molar-refractivity contribution in [3.8, 4) is 46.3 Å². The maximum Gasteiger partial charge on any atom is 0.234 e. The quantitative estimate of drug-likeness (QED) is 0.0781. The van der Waals surface area contributed by atoms with Gasteiger partial charge >= 0.3 is 0 Å². The lowest BCUT2D eigenvalue weighted by atomic mass is 9.92. The van der Waals surface area contributed by atoms with Gasteiger partial charge in [-0.05, 0) is 110 Å². The summed E-state index contributed by atoms with van der Waals surface area (Å²) in [7, 11) is 0. The molecular formula is C54H52Cl2N8O6. The van der Waals surface area contributed by atoms with E-state index in [1.165, 1.54) is 12.4 Å². The smallest absolute Gasteiger partial charge is 0.234 e. The molecule has 16 heteroatoms. The Morgan fingerprint density at radius 3 is 1.41 bits per heavy atom. The number of nitriles is 2. The van der Waals surface area contributed by atoms with Crippen LogP contribution in [0.4, 0.5) is 0 Å². The summed E-state index contributed by atoms with van der Waals surface area (Å²) < 4.78 is 25.6. The Morgan fingerprint density at radius 2 is 1.01 bits per heavy atom. The van der Waals surface area contributed by atoms with E-state index in [-0.39, 0.29) is 50.3 Å². The molecule has 2 fully saturated rings. The lowest BCUT2D eigenvalue weighted by molar-refractivity contribution is -0.123. The van der Waals surface area contributed by atoms with Crippen LogP contribution < -0.4 is 30.4 Å². The number of nitrogens with zero attached hydrogens (tertiary/aromatic N) is 6. The van der Waals surface area contributed by atoms with E-state index in [9.17, 15) is 20.1 Å². The van der Waals surface area contributed by atoms with Crippen LogP contribution in [0.2, 0.25) is 10.0 Å². The Bertz CT molecular complexity index is 2810. The number of aromatic nitrogens is 2. The topological polar surface area (TPSA) is 203 Å². The van der Waals surface area contributed by atoms with Crippen LogP contribution in [0.5, 0.6) is 23.0 Å². The number of ether oxygens (including phenoxy) is 4. The second-order valence-corrected chi connectivity index (χ2v) is 18.4. The minimum atomic E-state index is -0.383. The largest absolute Gasteiger partial charge is 0.488 e. The van der Waals surface area contributed by atoms with E-state index in [1.54, 1.807) is 36.7 Å². The van der Waals surface area contributed by atoms with E-state index < -0.39 is 0 Å². The van der Waals surface area contributed by atoms with Gasteiger partial charge in [0.25, 0.3) is 0 Å². The summed E-state index contributed by atoms with van der Waals surface area (Å²) in [5.74, 6) is 1.17. The molecule has 0 unspecified atom stereocenters. The number of benzene rings is 4. The third-order valence-electron chi connectivity index (χ3n) is 12.9. The molecule has 2 aromatic heterocycles. The first-order valence-electron chi connectivity index (χ1n) is 23.0. The number of pyridine rings is 2. The highest BCUT2D eigenvalue weighted by Crippen LogP contribution is 2.39. The number of hydrogen-bond acceptors (Lipinski definition) is 12. The highest BCUT2D eigenvalue weighted by molar-refractivity contribution is 6.32. The first-order valence-corrected chi connectivity index (χ1v) is 23.7. The normalized spacial score (nSPS) is 15.8. The van der Waals surface area contributed by atoms with Gasteiger partial charge in [0, 0.05) is 72.3 Å². The van der Waals surface area contributed by atoms with Crippen molar-refractivity contribution in [1.82, 2.24) is 19.8 Å². The Morgan fingerprint density at radius 1 is 0.600 bits per heavy atom. The maximum atomic E-state index is 12.3. The molecule has 0 spiro atoms. The van der Waals surface area contributed by atoms with Crippen molar-refractivity contribution >= 4 is 35.0 Å². The summed E-state index contributed by atoms with van der Waals surface area (Å²) in [6, 6.07) is 26.3. The summed E-state index contributed by atoms with van der Waals surface area (Å²) in [6.45, 7) is 7.06. The first-order chi connectivity index (χ1) is 33.9. The summed E-state index contributed by atoms with van der Waals surface area (Å²) in [4.78, 5) is 36.9. The van der Waals surface area contributed by atoms with Crippen molar-refractivity contribution in [2.75, 3.05) is 13.1 Å². The van der Waals surface area contributed by atoms with Crippen molar-refractivity contribution in [2.45, 2.75) is 91.1 Å². The molecule has 2 saturated heterocycles. The number of halogens is 2. The fraction of sp³-hybridized carbons (Fsp3) is 0.296. The van der Waals surface area contributed by atoms with E-state index >= 15 is 0 Å². The molecule has 0 aliphatic carbocycles. The minimum Gasteiger partial charge on any atom is -0.488 e. The van der Waals surface area contributed by atoms with Crippen LogP contribution in [-0.2, 0) is 49.1 Å². The van der Waals surface area contributed by atoms with Crippen LogP contribution in [0, 0.1) is 36.5 Å². The molecule has 0 radical (unpaired) electrons. The molecule has 0 saturated carbocycles. The number of hydrogen-bond donors (Lipinski definition) is 2. The lowest BCUT2D eigenvalue weighted by Crippen LogP contribution is -2.39. The number of primary amides is 2. The van der Waals surface area contributed by atoms with Gasteiger partial charge in [-0.2, -0.15) is 10.5 Å². The van der Waals surface area contributed by atoms with Gasteiger partial charge in [0.05, 0.1) is 33.3 Å². The van der Waals surface area contributed by atoms with Gasteiger partial charge in [0.1, 0.15) is 61.6 Å². The second kappa shape index (κ2) is 22.5. The van der Waals surface area contributed by atoms with Crippen LogP contribution in [0.25, 0.3) is 11.1 Å². The Hall–Kier alpha value is -7.20. The van der Waals surface area contributed by atoms with Crippen LogP contribution in [0.3, 0.4) is 0 Å². The molecular weight excluding hydrogens is 928 g/mol. The number of carbonyl (C=O) groups excluding carboxylic acids is 2. The summed E-state index contributed by atoms with van der Waals surface area (Å²) in [5, 5.41) is 19.6. The van der Waals surface area contributed by atoms with Gasteiger partial charge in [0.2, 0.25) is 11.8 Å². The Balaban J connectivity index is 1.00. The lowest BCUT2D eigenvalue weighted by Gasteiger charge is -2.24. The highest BCUT2D eigenvalue weighted by Gasteiger charge is 2.31. The van der Waals surface area contributed by atoms with Crippen molar-refractivity contribution in [1.29, 1.82) is 10.5 Å². The molecule has 2 amide bonds. The second-order valence-electron chi connectivity index (χ2n) is 17.6. The zero-order valence-electron chi connectivity index (χ0n) is 38.9. The SMILES string of the molecule is Cc1c(COc2cc(OCc3cncc(C#N)c3)c(CN3CCC[C@@H]3C(N)=O)cc2Cl)cccc1-c1cccc(COc2cc(OCc3cncc(C#N)c3)c(CN3CCC[C@@H]3C(N)=O)cc2Cl)c1C. The number of carbonyl (C=O) groups is 2. The molecule has 4 N–H and O–H groups in total. The third kappa shape index (κ3) is 11.6. The van der Waals surface area contributed by atoms with Crippen LogP contribution in [0.15, 0.2) is 97.6 Å². The number of rotatable bonds is 19. The van der Waals surface area contributed by atoms with Gasteiger partial charge in [0.15, 0.2) is 0 Å². The molecule has 6 aromatic rings. The monoisotopic (exact) mass is 978 g/mol. The maximum absolute atomic E-state index is 12.3. The van der Waals surface area contributed by atoms with Gasteiger partial charge in [-0.1, -0.05) is 59.6 Å². The molecule has 2 aliphatic heterocycles. The minimum absolute atomic E-state index is 0.145. The third-order valence-corrected chi connectivity index (χ3v) is 13.5. The van der Waals surface area contributed by atoms with Gasteiger partial charge in [-0.3, -0.25) is 29.4 Å². The summed E-state index contributed by atoms with van der Waals surface area (Å²) in [5.41, 5.74) is 21.3. The van der Waals surface area contributed by atoms with Crippen LogP contribution >= 0.6 is 23.2 Å². The number of amides is 2. The summed E-state index contributed by atoms with van der Waals surface area (Å²) >= 11 is 13.8. The predicted molar refractivity (Wildman–Crippen MR) is 265 cm³/mol. The van der Waals surface area contributed by atoms with E-state index in [1.807, 2.05) is 46.2 Å². The van der Waals surface area contributed by atoms with E-state index in [0.29, 0.717) is 83.2 Å². The zero-order valence-corrected chi connectivity index (χ0v) is 40.4. The number of nitrogens with two attached hydrogens (primary N) is 2. The van der Waals surface area contributed by atoms with Crippen molar-refractivity contribution in [3.63, 3.8) is 0 Å². The average molecular weight is 980 g/mol. The average Bonchev–Trinajstić information content (AvgIpc) is 4.04. The molecule has 8 rings (SSSR count). The zero-order chi connectivity index (χ0) is 49.3. The summed E-state index contributed by atoms with van der Waals surface area (Å²) in [6.07, 6.45) is 9.37. The molecule has 2 atom stereocenters. The van der Waals surface area contributed by atoms with Gasteiger partial charge in [-0.25, -0.2) is 0 Å². The van der Waals surface area contributed by atoms with E-state index in [4.69, 9.17) is 53.6 Å². The molecule has 14 nitrogen and oxygen atoms in total. The molecule has 70 heavy (non-hydrogen) atoms. The van der Waals surface area contributed by atoms with Crippen molar-refractivity contribution < 1.29 is 28.5 Å².